The average molecular weight is 243 g/mol. The molecule has 0 amide bonds. The van der Waals surface area contributed by atoms with Crippen molar-refractivity contribution in [2.24, 2.45) is 0 Å². The number of benzene rings is 1. The molecule has 0 saturated heterocycles. The van der Waals surface area contributed by atoms with E-state index in [-0.39, 0.29) is 12.6 Å². The Bertz CT molecular complexity index is 514. The second kappa shape index (κ2) is 5.51. The minimum Gasteiger partial charge on any atom is -0.396 e. The summed E-state index contributed by atoms with van der Waals surface area (Å²) >= 11 is 0. The van der Waals surface area contributed by atoms with E-state index in [9.17, 15) is 5.11 Å². The van der Waals surface area contributed by atoms with Gasteiger partial charge in [-0.25, -0.2) is 4.98 Å². The molecule has 0 radical (unpaired) electrons. The minimum atomic E-state index is -0.205. The summed E-state index contributed by atoms with van der Waals surface area (Å²) < 4.78 is 0. The van der Waals surface area contributed by atoms with Gasteiger partial charge < -0.3 is 16.2 Å². The molecule has 2 aromatic rings. The van der Waals surface area contributed by atoms with E-state index in [1.54, 1.807) is 6.20 Å². The smallest absolute Gasteiger partial charge is 0.149 e. The van der Waals surface area contributed by atoms with Gasteiger partial charge in [0, 0.05) is 6.20 Å². The van der Waals surface area contributed by atoms with E-state index in [1.807, 2.05) is 43.3 Å². The lowest BCUT2D eigenvalue weighted by atomic mass is 10.1. The number of hydrogen-bond acceptors (Lipinski definition) is 4. The van der Waals surface area contributed by atoms with Gasteiger partial charge in [0.1, 0.15) is 5.82 Å². The van der Waals surface area contributed by atoms with Crippen molar-refractivity contribution in [3.8, 4) is 0 Å². The average Bonchev–Trinajstić information content (AvgIpc) is 2.39. The highest BCUT2D eigenvalue weighted by molar-refractivity contribution is 5.62. The molecule has 0 spiro atoms. The first kappa shape index (κ1) is 12.4. The van der Waals surface area contributed by atoms with Gasteiger partial charge in [-0.2, -0.15) is 0 Å². The van der Waals surface area contributed by atoms with E-state index in [0.29, 0.717) is 11.5 Å². The Hall–Kier alpha value is -2.07. The summed E-state index contributed by atoms with van der Waals surface area (Å²) in [5.74, 6) is 0.600. The predicted molar refractivity (Wildman–Crippen MR) is 73.3 cm³/mol. The summed E-state index contributed by atoms with van der Waals surface area (Å²) in [6.07, 6.45) is 1.75. The lowest BCUT2D eigenvalue weighted by molar-refractivity contribution is 0.276. The molecule has 0 bridgehead atoms. The molecule has 0 saturated carbocycles. The number of nitrogens with two attached hydrogens (primary N) is 1. The van der Waals surface area contributed by atoms with Crippen LogP contribution in [0.5, 0.6) is 0 Å². The number of rotatable bonds is 4. The SMILES string of the molecule is Cc1cnc(NC(CO)c2ccccc2)c(N)c1. The van der Waals surface area contributed by atoms with Crippen LogP contribution in [-0.4, -0.2) is 16.7 Å². The maximum Gasteiger partial charge on any atom is 0.149 e. The molecule has 4 N–H and O–H groups in total. The molecule has 1 atom stereocenters. The Morgan fingerprint density at radius 1 is 1.33 bits per heavy atom. The molecule has 18 heavy (non-hydrogen) atoms. The normalized spacial score (nSPS) is 12.1. The quantitative estimate of drug-likeness (QED) is 0.769. The third-order valence-corrected chi connectivity index (χ3v) is 2.75. The van der Waals surface area contributed by atoms with Crippen LogP contribution in [0.2, 0.25) is 0 Å². The summed E-state index contributed by atoms with van der Waals surface area (Å²) in [5.41, 5.74) is 8.50. The van der Waals surface area contributed by atoms with E-state index < -0.39 is 0 Å². The lowest BCUT2D eigenvalue weighted by Gasteiger charge is -2.18. The van der Waals surface area contributed by atoms with Gasteiger partial charge in [-0.1, -0.05) is 30.3 Å². The van der Waals surface area contributed by atoms with E-state index in [0.717, 1.165) is 11.1 Å². The van der Waals surface area contributed by atoms with E-state index in [1.165, 1.54) is 0 Å². The maximum absolute atomic E-state index is 9.46. The van der Waals surface area contributed by atoms with Crippen LogP contribution in [-0.2, 0) is 0 Å². The number of aryl methyl sites for hydroxylation is 1. The van der Waals surface area contributed by atoms with Crippen LogP contribution < -0.4 is 11.1 Å². The van der Waals surface area contributed by atoms with Gasteiger partial charge in [-0.3, -0.25) is 0 Å². The highest BCUT2D eigenvalue weighted by Gasteiger charge is 2.11. The van der Waals surface area contributed by atoms with Gasteiger partial charge in [0.25, 0.3) is 0 Å². The Morgan fingerprint density at radius 2 is 2.06 bits per heavy atom. The Morgan fingerprint density at radius 3 is 2.67 bits per heavy atom. The van der Waals surface area contributed by atoms with Gasteiger partial charge >= 0.3 is 0 Å². The van der Waals surface area contributed by atoms with Crippen molar-refractivity contribution in [1.82, 2.24) is 4.98 Å². The molecule has 4 heteroatoms. The molecule has 1 unspecified atom stereocenters. The van der Waals surface area contributed by atoms with Crippen LogP contribution in [0, 0.1) is 6.92 Å². The second-order valence-electron chi connectivity index (χ2n) is 4.24. The van der Waals surface area contributed by atoms with Crippen molar-refractivity contribution in [2.45, 2.75) is 13.0 Å². The number of nitrogens with zero attached hydrogens (tertiary/aromatic N) is 1. The van der Waals surface area contributed by atoms with E-state index in [2.05, 4.69) is 10.3 Å². The molecular weight excluding hydrogens is 226 g/mol. The van der Waals surface area contributed by atoms with Crippen molar-refractivity contribution < 1.29 is 5.11 Å². The molecule has 94 valence electrons. The van der Waals surface area contributed by atoms with E-state index in [4.69, 9.17) is 5.73 Å². The van der Waals surface area contributed by atoms with Gasteiger partial charge in [-0.15, -0.1) is 0 Å². The number of anilines is 2. The highest BCUT2D eigenvalue weighted by atomic mass is 16.3. The van der Waals surface area contributed by atoms with Gasteiger partial charge in [-0.05, 0) is 24.1 Å². The molecule has 0 fully saturated rings. The van der Waals surface area contributed by atoms with Crippen molar-refractivity contribution in [3.63, 3.8) is 0 Å². The predicted octanol–water partition coefficient (Wildman–Crippen LogP) is 2.12. The fraction of sp³-hybridized carbons (Fsp3) is 0.214. The zero-order valence-corrected chi connectivity index (χ0v) is 10.3. The van der Waals surface area contributed by atoms with Crippen LogP contribution in [0.4, 0.5) is 11.5 Å². The third-order valence-electron chi connectivity index (χ3n) is 2.75. The summed E-state index contributed by atoms with van der Waals surface area (Å²) in [6, 6.07) is 11.4. The summed E-state index contributed by atoms with van der Waals surface area (Å²) in [6.45, 7) is 1.92. The fourth-order valence-electron chi connectivity index (χ4n) is 1.80. The van der Waals surface area contributed by atoms with E-state index >= 15 is 0 Å². The fourth-order valence-corrected chi connectivity index (χ4v) is 1.80. The number of pyridine rings is 1. The summed E-state index contributed by atoms with van der Waals surface area (Å²) in [7, 11) is 0. The van der Waals surface area contributed by atoms with Crippen molar-refractivity contribution in [1.29, 1.82) is 0 Å². The number of hydrogen-bond donors (Lipinski definition) is 3. The molecule has 1 aromatic heterocycles. The molecule has 4 nitrogen and oxygen atoms in total. The molecule has 0 aliphatic carbocycles. The molecule has 0 aliphatic rings. The molecule has 0 aliphatic heterocycles. The first-order valence-electron chi connectivity index (χ1n) is 5.85. The number of nitrogens with one attached hydrogen (secondary N) is 1. The third kappa shape index (κ3) is 2.78. The zero-order valence-electron chi connectivity index (χ0n) is 10.3. The largest absolute Gasteiger partial charge is 0.396 e. The van der Waals surface area contributed by atoms with Crippen LogP contribution >= 0.6 is 0 Å². The van der Waals surface area contributed by atoms with Crippen LogP contribution in [0.3, 0.4) is 0 Å². The molecule has 1 heterocycles. The number of aliphatic hydroxyl groups excluding tert-OH is 1. The zero-order chi connectivity index (χ0) is 13.0. The number of nitrogen functional groups attached to an aromatic ring is 1. The monoisotopic (exact) mass is 243 g/mol. The van der Waals surface area contributed by atoms with Crippen LogP contribution in [0.15, 0.2) is 42.6 Å². The summed E-state index contributed by atoms with van der Waals surface area (Å²) in [4.78, 5) is 4.24. The minimum absolute atomic E-state index is 0.0149. The first-order chi connectivity index (χ1) is 8.70. The van der Waals surface area contributed by atoms with Crippen molar-refractivity contribution in [2.75, 3.05) is 17.7 Å². The Labute approximate surface area is 106 Å². The number of aromatic nitrogens is 1. The first-order valence-corrected chi connectivity index (χ1v) is 5.85. The van der Waals surface area contributed by atoms with Crippen molar-refractivity contribution in [3.05, 3.63) is 53.7 Å². The van der Waals surface area contributed by atoms with Gasteiger partial charge in [0.05, 0.1) is 18.3 Å². The standard InChI is InChI=1S/C14H17N3O/c1-10-7-12(15)14(16-8-10)17-13(9-18)11-5-3-2-4-6-11/h2-8,13,18H,9,15H2,1H3,(H,16,17). The molecule has 1 aromatic carbocycles. The van der Waals surface area contributed by atoms with Crippen molar-refractivity contribution >= 4 is 11.5 Å². The van der Waals surface area contributed by atoms with Gasteiger partial charge in [0.2, 0.25) is 0 Å². The number of aliphatic hydroxyl groups is 1. The Kier molecular flexibility index (Phi) is 3.79. The van der Waals surface area contributed by atoms with Gasteiger partial charge in [0.15, 0.2) is 0 Å². The Balaban J connectivity index is 2.21. The maximum atomic E-state index is 9.46. The highest BCUT2D eigenvalue weighted by Crippen LogP contribution is 2.22. The lowest BCUT2D eigenvalue weighted by Crippen LogP contribution is -2.16. The van der Waals surface area contributed by atoms with Crippen LogP contribution in [0.1, 0.15) is 17.2 Å². The second-order valence-corrected chi connectivity index (χ2v) is 4.24. The topological polar surface area (TPSA) is 71.2 Å². The molecular formula is C14H17N3O. The van der Waals surface area contributed by atoms with Crippen LogP contribution in [0.25, 0.3) is 0 Å². The summed E-state index contributed by atoms with van der Waals surface area (Å²) in [5, 5.41) is 12.6. The molecule has 2 rings (SSSR count).